The molecule has 0 aromatic carbocycles. The summed E-state index contributed by atoms with van der Waals surface area (Å²) in [6.45, 7) is -0.0877. The topological polar surface area (TPSA) is 29.5 Å². The number of alkyl halides is 3. The van der Waals surface area contributed by atoms with Gasteiger partial charge in [-0.3, -0.25) is 0 Å². The van der Waals surface area contributed by atoms with Gasteiger partial charge in [0.15, 0.2) is 0 Å². The maximum atomic E-state index is 12.9. The molecule has 0 aromatic rings. The third-order valence-corrected chi connectivity index (χ3v) is 1.78. The molecule has 0 heterocycles. The Morgan fingerprint density at radius 1 is 1.36 bits per heavy atom. The van der Waals surface area contributed by atoms with Crippen LogP contribution in [0, 0.1) is 0 Å². The minimum atomic E-state index is -3.62. The predicted molar refractivity (Wildman–Crippen MR) is 47.0 cm³/mol. The lowest BCUT2D eigenvalue weighted by Crippen LogP contribution is -2.28. The van der Waals surface area contributed by atoms with Crippen LogP contribution in [0.3, 0.4) is 0 Å². The second-order valence-corrected chi connectivity index (χ2v) is 3.20. The highest BCUT2D eigenvalue weighted by Crippen LogP contribution is 2.16. The van der Waals surface area contributed by atoms with Gasteiger partial charge in [0.25, 0.3) is 0 Å². The molecular formula is C9H17F3O2. The van der Waals surface area contributed by atoms with Crippen molar-refractivity contribution in [3.63, 3.8) is 0 Å². The molecule has 1 unspecified atom stereocenters. The van der Waals surface area contributed by atoms with Crippen molar-refractivity contribution in [3.05, 3.63) is 0 Å². The fourth-order valence-electron chi connectivity index (χ4n) is 0.957. The number of halogens is 3. The molecule has 0 aliphatic heterocycles. The van der Waals surface area contributed by atoms with Gasteiger partial charge < -0.3 is 9.84 Å². The van der Waals surface area contributed by atoms with Gasteiger partial charge in [-0.15, -0.1) is 0 Å². The molecule has 0 aliphatic rings. The van der Waals surface area contributed by atoms with Crippen LogP contribution in [0.4, 0.5) is 13.2 Å². The van der Waals surface area contributed by atoms with Crippen molar-refractivity contribution in [2.24, 2.45) is 0 Å². The molecule has 0 aliphatic carbocycles. The number of ether oxygens (including phenoxy) is 1. The zero-order valence-corrected chi connectivity index (χ0v) is 8.31. The van der Waals surface area contributed by atoms with Gasteiger partial charge in [0.1, 0.15) is 12.8 Å². The molecule has 0 aromatic heterocycles. The van der Waals surface area contributed by atoms with Crippen molar-refractivity contribution >= 4 is 0 Å². The zero-order chi connectivity index (χ0) is 11.0. The van der Waals surface area contributed by atoms with Crippen LogP contribution in [0.2, 0.25) is 0 Å². The summed E-state index contributed by atoms with van der Waals surface area (Å²) in [7, 11) is 0. The summed E-state index contributed by atoms with van der Waals surface area (Å²) in [6.07, 6.45) is -2.24. The summed E-state index contributed by atoms with van der Waals surface area (Å²) >= 11 is 0. The Labute approximate surface area is 82.1 Å². The number of hydrogen-bond acceptors (Lipinski definition) is 2. The van der Waals surface area contributed by atoms with Crippen LogP contribution in [0.1, 0.15) is 32.6 Å². The molecule has 0 saturated carbocycles. The van der Waals surface area contributed by atoms with Gasteiger partial charge >= 0.3 is 6.11 Å². The molecule has 0 radical (unpaired) electrons. The van der Waals surface area contributed by atoms with Gasteiger partial charge in [-0.2, -0.15) is 8.78 Å². The smallest absolute Gasteiger partial charge is 0.378 e. The second kappa shape index (κ2) is 7.06. The summed E-state index contributed by atoms with van der Waals surface area (Å²) in [5.74, 6) is 0. The zero-order valence-electron chi connectivity index (χ0n) is 8.31. The first-order valence-electron chi connectivity index (χ1n) is 4.78. The number of aliphatic hydroxyl groups is 1. The summed E-state index contributed by atoms with van der Waals surface area (Å²) in [4.78, 5) is 0. The van der Waals surface area contributed by atoms with E-state index in [1.54, 1.807) is 0 Å². The van der Waals surface area contributed by atoms with E-state index in [1.807, 2.05) is 6.92 Å². The minimum absolute atomic E-state index is 0.231. The average Bonchev–Trinajstić information content (AvgIpc) is 2.16. The van der Waals surface area contributed by atoms with Gasteiger partial charge in [-0.25, -0.2) is 4.39 Å². The Balaban J connectivity index is 3.48. The fraction of sp³-hybridized carbons (Fsp3) is 1.00. The van der Waals surface area contributed by atoms with Gasteiger partial charge in [0.05, 0.1) is 6.61 Å². The van der Waals surface area contributed by atoms with Crippen LogP contribution < -0.4 is 0 Å². The van der Waals surface area contributed by atoms with Crippen molar-refractivity contribution in [1.82, 2.24) is 0 Å². The van der Waals surface area contributed by atoms with Crippen LogP contribution in [-0.4, -0.2) is 30.6 Å². The molecule has 5 heteroatoms. The third-order valence-electron chi connectivity index (χ3n) is 1.78. The average molecular weight is 214 g/mol. The molecule has 1 atom stereocenters. The first kappa shape index (κ1) is 13.7. The standard InChI is InChI=1S/C9H17F3O2/c1-2-3-4-5-8(10)6-14-9(11,12)7-13/h8,13H,2-7H2,1H3. The highest BCUT2D eigenvalue weighted by molar-refractivity contribution is 4.57. The Kier molecular flexibility index (Phi) is 6.92. The summed E-state index contributed by atoms with van der Waals surface area (Å²) in [5.41, 5.74) is 0. The maximum Gasteiger partial charge on any atom is 0.378 e. The largest absolute Gasteiger partial charge is 0.387 e. The lowest BCUT2D eigenvalue weighted by molar-refractivity contribution is -0.262. The van der Waals surface area contributed by atoms with Crippen LogP contribution in [0.25, 0.3) is 0 Å². The number of rotatable bonds is 8. The summed E-state index contributed by atoms with van der Waals surface area (Å²) < 4.78 is 41.3. The van der Waals surface area contributed by atoms with E-state index >= 15 is 0 Å². The van der Waals surface area contributed by atoms with Crippen LogP contribution in [0.15, 0.2) is 0 Å². The quantitative estimate of drug-likeness (QED) is 0.629. The molecule has 14 heavy (non-hydrogen) atoms. The van der Waals surface area contributed by atoms with Gasteiger partial charge in [0, 0.05) is 0 Å². The van der Waals surface area contributed by atoms with Gasteiger partial charge in [-0.1, -0.05) is 26.2 Å². The third kappa shape index (κ3) is 7.15. The molecule has 86 valence electrons. The van der Waals surface area contributed by atoms with E-state index in [4.69, 9.17) is 5.11 Å². The summed E-state index contributed by atoms with van der Waals surface area (Å²) in [6, 6.07) is 0. The molecule has 0 spiro atoms. The number of unbranched alkanes of at least 4 members (excludes halogenated alkanes) is 2. The van der Waals surface area contributed by atoms with Crippen LogP contribution in [-0.2, 0) is 4.74 Å². The number of aliphatic hydroxyl groups excluding tert-OH is 1. The monoisotopic (exact) mass is 214 g/mol. The van der Waals surface area contributed by atoms with Gasteiger partial charge in [0.2, 0.25) is 0 Å². The molecular weight excluding hydrogens is 197 g/mol. The van der Waals surface area contributed by atoms with Crippen LogP contribution >= 0.6 is 0 Å². The minimum Gasteiger partial charge on any atom is -0.387 e. The van der Waals surface area contributed by atoms with Crippen molar-refractivity contribution in [3.8, 4) is 0 Å². The highest BCUT2D eigenvalue weighted by atomic mass is 19.3. The summed E-state index contributed by atoms with van der Waals surface area (Å²) in [5, 5.41) is 8.12. The normalized spacial score (nSPS) is 14.4. The molecule has 0 rings (SSSR count). The van der Waals surface area contributed by atoms with E-state index in [-0.39, 0.29) is 6.42 Å². The number of hydrogen-bond donors (Lipinski definition) is 1. The molecule has 0 amide bonds. The molecule has 0 fully saturated rings. The van der Waals surface area contributed by atoms with Crippen molar-refractivity contribution in [2.45, 2.75) is 44.9 Å². The maximum absolute atomic E-state index is 12.9. The first-order chi connectivity index (χ1) is 6.52. The SMILES string of the molecule is CCCCCC(F)COC(F)(F)CO. The lowest BCUT2D eigenvalue weighted by atomic mass is 10.1. The van der Waals surface area contributed by atoms with E-state index in [9.17, 15) is 13.2 Å². The second-order valence-electron chi connectivity index (χ2n) is 3.20. The highest BCUT2D eigenvalue weighted by Gasteiger charge is 2.29. The van der Waals surface area contributed by atoms with E-state index in [2.05, 4.69) is 4.74 Å². The van der Waals surface area contributed by atoms with Crippen molar-refractivity contribution in [1.29, 1.82) is 0 Å². The molecule has 2 nitrogen and oxygen atoms in total. The Morgan fingerprint density at radius 3 is 2.50 bits per heavy atom. The van der Waals surface area contributed by atoms with E-state index in [1.165, 1.54) is 0 Å². The first-order valence-corrected chi connectivity index (χ1v) is 4.78. The van der Waals surface area contributed by atoms with E-state index < -0.39 is 25.5 Å². The molecule has 0 saturated heterocycles. The predicted octanol–water partition coefficient (Wildman–Crippen LogP) is 2.51. The van der Waals surface area contributed by atoms with E-state index in [0.29, 0.717) is 6.42 Å². The molecule has 0 bridgehead atoms. The van der Waals surface area contributed by atoms with Crippen molar-refractivity contribution < 1.29 is 23.0 Å². The lowest BCUT2D eigenvalue weighted by Gasteiger charge is -2.15. The Bertz CT molecular complexity index is 142. The van der Waals surface area contributed by atoms with E-state index in [0.717, 1.165) is 12.8 Å². The Hall–Kier alpha value is -0.290. The Morgan fingerprint density at radius 2 is 2.00 bits per heavy atom. The van der Waals surface area contributed by atoms with Gasteiger partial charge in [-0.05, 0) is 6.42 Å². The fourth-order valence-corrected chi connectivity index (χ4v) is 0.957. The molecule has 1 N–H and O–H groups in total. The van der Waals surface area contributed by atoms with Crippen molar-refractivity contribution in [2.75, 3.05) is 13.2 Å². The van der Waals surface area contributed by atoms with Crippen LogP contribution in [0.5, 0.6) is 0 Å².